The van der Waals surface area contributed by atoms with Crippen molar-refractivity contribution in [3.8, 4) is 0 Å². The molecule has 1 aromatic carbocycles. The molecular weight excluding hydrogens is 234 g/mol. The van der Waals surface area contributed by atoms with E-state index in [9.17, 15) is 0 Å². The summed E-state index contributed by atoms with van der Waals surface area (Å²) in [7, 11) is 0. The highest BCUT2D eigenvalue weighted by atomic mass is 15.2. The van der Waals surface area contributed by atoms with Gasteiger partial charge in [0, 0.05) is 25.3 Å². The largest absolute Gasteiger partial charge is 0.378 e. The van der Waals surface area contributed by atoms with Crippen LogP contribution in [-0.4, -0.2) is 36.6 Å². The molecule has 3 heteroatoms. The van der Waals surface area contributed by atoms with Gasteiger partial charge in [-0.15, -0.1) is 0 Å². The molecule has 1 aromatic rings. The summed E-state index contributed by atoms with van der Waals surface area (Å²) in [5, 5.41) is 3.68. The second-order valence-corrected chi connectivity index (χ2v) is 5.82. The van der Waals surface area contributed by atoms with Crippen LogP contribution in [0.1, 0.15) is 31.7 Å². The zero-order valence-corrected chi connectivity index (χ0v) is 12.3. The molecule has 1 aliphatic rings. The highest BCUT2D eigenvalue weighted by molar-refractivity contribution is 5.47. The fourth-order valence-electron chi connectivity index (χ4n) is 2.84. The van der Waals surface area contributed by atoms with Gasteiger partial charge in [-0.05, 0) is 44.9 Å². The monoisotopic (exact) mass is 261 g/mol. The molecule has 0 unspecified atom stereocenters. The van der Waals surface area contributed by atoms with Gasteiger partial charge in [0.2, 0.25) is 0 Å². The molecule has 2 rings (SSSR count). The first kappa shape index (κ1) is 14.4. The minimum atomic E-state index is 0.0828. The number of likely N-dealkylation sites (tertiary alicyclic amines) is 1. The number of hydrogen-bond acceptors (Lipinski definition) is 3. The molecule has 1 aliphatic heterocycles. The smallest absolute Gasteiger partial charge is 0.0520 e. The molecule has 0 aromatic heterocycles. The minimum absolute atomic E-state index is 0.0828. The van der Waals surface area contributed by atoms with Gasteiger partial charge >= 0.3 is 0 Å². The van der Waals surface area contributed by atoms with Gasteiger partial charge in [0.1, 0.15) is 0 Å². The predicted octanol–water partition coefficient (Wildman–Crippen LogP) is 2.61. The molecule has 0 bridgehead atoms. The van der Waals surface area contributed by atoms with Crippen LogP contribution in [0.15, 0.2) is 24.3 Å². The number of nitrogens with zero attached hydrogens (tertiary/aromatic N) is 1. The van der Waals surface area contributed by atoms with Gasteiger partial charge in [-0.2, -0.15) is 0 Å². The quantitative estimate of drug-likeness (QED) is 0.856. The van der Waals surface area contributed by atoms with E-state index in [-0.39, 0.29) is 5.54 Å². The molecule has 1 heterocycles. The Bertz CT molecular complexity index is 377. The summed E-state index contributed by atoms with van der Waals surface area (Å²) in [5.74, 6) is 0. The van der Waals surface area contributed by atoms with Gasteiger partial charge < -0.3 is 16.0 Å². The van der Waals surface area contributed by atoms with Crippen LogP contribution in [0.2, 0.25) is 0 Å². The first-order valence-corrected chi connectivity index (χ1v) is 7.45. The molecule has 0 radical (unpaired) electrons. The zero-order valence-electron chi connectivity index (χ0n) is 12.3. The second kappa shape index (κ2) is 6.40. The Labute approximate surface area is 117 Å². The lowest BCUT2D eigenvalue weighted by molar-refractivity contribution is 0.177. The summed E-state index contributed by atoms with van der Waals surface area (Å²) in [4.78, 5) is 2.55. The van der Waals surface area contributed by atoms with Crippen LogP contribution in [-0.2, 0) is 0 Å². The minimum Gasteiger partial charge on any atom is -0.378 e. The maximum Gasteiger partial charge on any atom is 0.0520 e. The molecule has 0 aliphatic carbocycles. The Hall–Kier alpha value is -1.06. The molecule has 106 valence electrons. The highest BCUT2D eigenvalue weighted by Gasteiger charge is 2.32. The van der Waals surface area contributed by atoms with Crippen molar-refractivity contribution >= 4 is 5.69 Å². The van der Waals surface area contributed by atoms with Crippen molar-refractivity contribution in [1.82, 2.24) is 4.90 Å². The van der Waals surface area contributed by atoms with E-state index in [1.807, 2.05) is 0 Å². The van der Waals surface area contributed by atoms with Gasteiger partial charge in [-0.25, -0.2) is 0 Å². The Balaban J connectivity index is 1.98. The lowest BCUT2D eigenvalue weighted by Crippen LogP contribution is -2.53. The highest BCUT2D eigenvalue weighted by Crippen LogP contribution is 2.26. The standard InChI is InChI=1S/C16H27N3/c1-3-10-19-11-8-16(13-17,9-12-19)18-15-6-4-14(2)5-7-15/h4-7,18H,3,8-13,17H2,1-2H3. The van der Waals surface area contributed by atoms with E-state index in [0.717, 1.165) is 25.9 Å². The summed E-state index contributed by atoms with van der Waals surface area (Å²) in [6.07, 6.45) is 3.51. The first-order valence-electron chi connectivity index (χ1n) is 7.45. The van der Waals surface area contributed by atoms with E-state index in [1.54, 1.807) is 0 Å². The van der Waals surface area contributed by atoms with Crippen molar-refractivity contribution in [1.29, 1.82) is 0 Å². The van der Waals surface area contributed by atoms with E-state index in [2.05, 4.69) is 48.3 Å². The van der Waals surface area contributed by atoms with Crippen LogP contribution < -0.4 is 11.1 Å². The van der Waals surface area contributed by atoms with Gasteiger partial charge in [-0.1, -0.05) is 24.6 Å². The number of piperidine rings is 1. The van der Waals surface area contributed by atoms with Gasteiger partial charge in [0.25, 0.3) is 0 Å². The second-order valence-electron chi connectivity index (χ2n) is 5.82. The molecule has 0 atom stereocenters. The first-order chi connectivity index (χ1) is 9.17. The average Bonchev–Trinajstić information content (AvgIpc) is 2.44. The van der Waals surface area contributed by atoms with Crippen molar-refractivity contribution in [2.45, 2.75) is 38.6 Å². The van der Waals surface area contributed by atoms with Crippen LogP contribution in [0.25, 0.3) is 0 Å². The van der Waals surface area contributed by atoms with Crippen LogP contribution in [0.3, 0.4) is 0 Å². The zero-order chi connectivity index (χ0) is 13.7. The molecule has 0 spiro atoms. The molecule has 3 nitrogen and oxygen atoms in total. The third kappa shape index (κ3) is 3.71. The van der Waals surface area contributed by atoms with Gasteiger partial charge in [-0.3, -0.25) is 0 Å². The number of nitrogens with two attached hydrogens (primary N) is 1. The van der Waals surface area contributed by atoms with Crippen molar-refractivity contribution in [3.05, 3.63) is 29.8 Å². The fourth-order valence-corrected chi connectivity index (χ4v) is 2.84. The van der Waals surface area contributed by atoms with Crippen molar-refractivity contribution < 1.29 is 0 Å². The maximum absolute atomic E-state index is 6.05. The van der Waals surface area contributed by atoms with E-state index >= 15 is 0 Å². The van der Waals surface area contributed by atoms with E-state index in [0.29, 0.717) is 6.54 Å². The maximum atomic E-state index is 6.05. The van der Waals surface area contributed by atoms with Gasteiger partial charge in [0.15, 0.2) is 0 Å². The SMILES string of the molecule is CCCN1CCC(CN)(Nc2ccc(C)cc2)CC1. The number of aryl methyl sites for hydroxylation is 1. The summed E-state index contributed by atoms with van der Waals surface area (Å²) < 4.78 is 0. The normalized spacial score (nSPS) is 19.3. The third-order valence-corrected chi connectivity index (χ3v) is 4.20. The van der Waals surface area contributed by atoms with Crippen LogP contribution >= 0.6 is 0 Å². The Morgan fingerprint density at radius 2 is 1.84 bits per heavy atom. The molecule has 1 saturated heterocycles. The summed E-state index contributed by atoms with van der Waals surface area (Å²) >= 11 is 0. The molecule has 0 saturated carbocycles. The van der Waals surface area contributed by atoms with E-state index < -0.39 is 0 Å². The number of nitrogens with one attached hydrogen (secondary N) is 1. The third-order valence-electron chi connectivity index (χ3n) is 4.20. The summed E-state index contributed by atoms with van der Waals surface area (Å²) in [6, 6.07) is 8.62. The number of rotatable bonds is 5. The van der Waals surface area contributed by atoms with Crippen molar-refractivity contribution in [2.24, 2.45) is 5.73 Å². The Morgan fingerprint density at radius 3 is 2.37 bits per heavy atom. The molecule has 1 fully saturated rings. The molecular formula is C16H27N3. The number of benzene rings is 1. The van der Waals surface area contributed by atoms with Crippen molar-refractivity contribution in [2.75, 3.05) is 31.5 Å². The van der Waals surface area contributed by atoms with Crippen LogP contribution in [0.5, 0.6) is 0 Å². The van der Waals surface area contributed by atoms with Crippen LogP contribution in [0.4, 0.5) is 5.69 Å². The molecule has 0 amide bonds. The average molecular weight is 261 g/mol. The lowest BCUT2D eigenvalue weighted by atomic mass is 9.87. The summed E-state index contributed by atoms with van der Waals surface area (Å²) in [6.45, 7) is 8.60. The lowest BCUT2D eigenvalue weighted by Gasteiger charge is -2.42. The van der Waals surface area contributed by atoms with E-state index in [4.69, 9.17) is 5.73 Å². The molecule has 19 heavy (non-hydrogen) atoms. The van der Waals surface area contributed by atoms with E-state index in [1.165, 1.54) is 24.2 Å². The van der Waals surface area contributed by atoms with Crippen LogP contribution in [0, 0.1) is 6.92 Å². The van der Waals surface area contributed by atoms with Crippen molar-refractivity contribution in [3.63, 3.8) is 0 Å². The number of hydrogen-bond donors (Lipinski definition) is 2. The number of anilines is 1. The topological polar surface area (TPSA) is 41.3 Å². The fraction of sp³-hybridized carbons (Fsp3) is 0.625. The summed E-state index contributed by atoms with van der Waals surface area (Å²) in [5.41, 5.74) is 8.63. The predicted molar refractivity (Wildman–Crippen MR) is 82.6 cm³/mol. The Morgan fingerprint density at radius 1 is 1.21 bits per heavy atom. The molecule has 3 N–H and O–H groups in total. The Kier molecular flexibility index (Phi) is 4.83. The van der Waals surface area contributed by atoms with Gasteiger partial charge in [0.05, 0.1) is 5.54 Å².